The van der Waals surface area contributed by atoms with Crippen LogP contribution in [0.15, 0.2) is 84.3 Å². The van der Waals surface area contributed by atoms with E-state index in [0.717, 1.165) is 30.1 Å². The summed E-state index contributed by atoms with van der Waals surface area (Å²) in [6.45, 7) is 13.7. The zero-order valence-electron chi connectivity index (χ0n) is 32.9. The molecule has 0 aliphatic carbocycles. The van der Waals surface area contributed by atoms with Gasteiger partial charge < -0.3 is 20.6 Å². The van der Waals surface area contributed by atoms with Gasteiger partial charge in [-0.2, -0.15) is 52.7 Å². The molecule has 2 aromatic rings. The molecule has 0 fully saturated rings. The number of carbonyl (C=O) groups is 2. The Morgan fingerprint density at radius 2 is 0.721 bits per heavy atom. The maximum Gasteiger partial charge on any atom is 0.454 e. The van der Waals surface area contributed by atoms with Crippen LogP contribution in [-0.2, 0) is 26.4 Å². The summed E-state index contributed by atoms with van der Waals surface area (Å²) >= 11 is 0. The van der Waals surface area contributed by atoms with Crippen molar-refractivity contribution in [3.05, 3.63) is 116 Å². The molecule has 0 aromatic heterocycles. The number of benzene rings is 2. The molecule has 0 saturated carbocycles. The van der Waals surface area contributed by atoms with Gasteiger partial charge in [0.15, 0.2) is 0 Å². The molecule has 0 bridgehead atoms. The molecule has 341 valence electrons. The molecular weight excluding hydrogens is 903 g/mol. The van der Waals surface area contributed by atoms with Crippen LogP contribution in [0.2, 0.25) is 0 Å². The first-order valence-electron chi connectivity index (χ1n) is 16.6. The SMILES string of the molecule is CC1(C)C(c2ccccc2)=[N+]([O-])C(C)(C)[N+]1=O.CC1(C)C(c2ccccc2)=[N+]([O-])C(C)(C)[N+]1=O.O=C(/C=C(\[O-])C(F)(F)F)C(F)(F)F.O=C(/C=C(\[O-])C(F)(F)F)C(F)(F)F.[Co]. The number of alkyl halides is 12. The Kier molecular flexibility index (Phi) is 17.5. The predicted octanol–water partition coefficient (Wildman–Crippen LogP) is 6.43. The Morgan fingerprint density at radius 3 is 0.885 bits per heavy atom. The Labute approximate surface area is 349 Å². The maximum absolute atomic E-state index is 12.3. The second kappa shape index (κ2) is 19.2. The molecular formula is C36H36CoF12N4O8. The van der Waals surface area contributed by atoms with E-state index in [0.29, 0.717) is 11.4 Å². The minimum absolute atomic E-state index is 0. The molecule has 2 heterocycles. The monoisotopic (exact) mass is 939 g/mol. The topological polar surface area (TPSA) is 173 Å². The summed E-state index contributed by atoms with van der Waals surface area (Å²) in [5.74, 6) is -11.3. The fourth-order valence-electron chi connectivity index (χ4n) is 5.47. The summed E-state index contributed by atoms with van der Waals surface area (Å²) in [6.07, 6.45) is -23.9. The predicted molar refractivity (Wildman–Crippen MR) is 182 cm³/mol. The molecule has 25 heteroatoms. The van der Waals surface area contributed by atoms with Gasteiger partial charge in [-0.3, -0.25) is 9.59 Å². The van der Waals surface area contributed by atoms with Crippen LogP contribution < -0.4 is 10.2 Å². The first-order chi connectivity index (χ1) is 26.7. The van der Waals surface area contributed by atoms with Crippen molar-refractivity contribution in [3.63, 3.8) is 0 Å². The van der Waals surface area contributed by atoms with Gasteiger partial charge in [-0.15, -0.1) is 9.48 Å². The van der Waals surface area contributed by atoms with E-state index in [4.69, 9.17) is 0 Å². The van der Waals surface area contributed by atoms with Crippen LogP contribution in [0, 0.1) is 20.2 Å². The van der Waals surface area contributed by atoms with E-state index in [1.165, 1.54) is 0 Å². The van der Waals surface area contributed by atoms with Crippen molar-refractivity contribution in [1.29, 1.82) is 0 Å². The number of nitrogens with zero attached hydrogens (tertiary/aromatic N) is 4. The fourth-order valence-corrected chi connectivity index (χ4v) is 5.47. The number of allylic oxidation sites excluding steroid dienone is 4. The Hall–Kier alpha value is -5.33. The van der Waals surface area contributed by atoms with Crippen LogP contribution in [0.1, 0.15) is 66.5 Å². The number of nitroso groups, excluding NO2 is 2. The zero-order valence-corrected chi connectivity index (χ0v) is 33.9. The summed E-state index contributed by atoms with van der Waals surface area (Å²) in [7, 11) is 0. The standard InChI is InChI=1S/2C13H17N2O2.2C5H2F6O2.Co/c2*1-12(2)11(10-8-6-5-7-9-10)14(16)13(3,4)15(12)17;2*6-4(7,8)2(12)1-3(13)5(9,10)11;/h2*5-9H,1-4H3;2*1,12H;/q2*+1;;;/p-2/b;;2*2-1-;. The quantitative estimate of drug-likeness (QED) is 0.111. The number of halogens is 12. The van der Waals surface area contributed by atoms with E-state index >= 15 is 0 Å². The Bertz CT molecular complexity index is 1920. The van der Waals surface area contributed by atoms with Crippen LogP contribution in [0.5, 0.6) is 0 Å². The summed E-state index contributed by atoms with van der Waals surface area (Å²) in [5.41, 5.74) is -1.09. The van der Waals surface area contributed by atoms with Gasteiger partial charge in [0.05, 0.1) is 48.3 Å². The summed E-state index contributed by atoms with van der Waals surface area (Å²) in [4.78, 5) is 44.0. The van der Waals surface area contributed by atoms with E-state index in [1.54, 1.807) is 55.4 Å². The molecule has 0 saturated heterocycles. The molecule has 2 aliphatic heterocycles. The van der Waals surface area contributed by atoms with Crippen molar-refractivity contribution in [2.75, 3.05) is 0 Å². The van der Waals surface area contributed by atoms with Crippen molar-refractivity contribution in [2.24, 2.45) is 0 Å². The van der Waals surface area contributed by atoms with Crippen LogP contribution in [0.4, 0.5) is 52.7 Å². The minimum atomic E-state index is -5.46. The van der Waals surface area contributed by atoms with Gasteiger partial charge in [-0.05, 0) is 47.9 Å². The summed E-state index contributed by atoms with van der Waals surface area (Å²) < 4.78 is 139. The van der Waals surface area contributed by atoms with Crippen molar-refractivity contribution in [1.82, 2.24) is 0 Å². The Morgan fingerprint density at radius 1 is 0.492 bits per heavy atom. The number of hydrogen-bond donors (Lipinski definition) is 0. The van der Waals surface area contributed by atoms with Crippen LogP contribution in [0.25, 0.3) is 0 Å². The van der Waals surface area contributed by atoms with E-state index in [9.17, 15) is 92.7 Å². The molecule has 0 N–H and O–H groups in total. The molecule has 0 atom stereocenters. The summed E-state index contributed by atoms with van der Waals surface area (Å²) in [5, 5.41) is 44.2. The first-order valence-corrected chi connectivity index (χ1v) is 16.6. The van der Waals surface area contributed by atoms with Gasteiger partial charge in [0, 0.05) is 54.3 Å². The number of ketones is 2. The molecule has 0 unspecified atom stereocenters. The van der Waals surface area contributed by atoms with E-state index in [2.05, 4.69) is 0 Å². The fraction of sp³-hybridized carbons (Fsp3) is 0.444. The van der Waals surface area contributed by atoms with Gasteiger partial charge >= 0.3 is 36.0 Å². The number of hydrogen-bond acceptors (Lipinski definition) is 8. The largest absolute Gasteiger partial charge is 0.869 e. The van der Waals surface area contributed by atoms with E-state index in [-0.39, 0.29) is 16.8 Å². The maximum atomic E-state index is 12.3. The van der Waals surface area contributed by atoms with Crippen molar-refractivity contribution in [2.45, 2.75) is 102 Å². The van der Waals surface area contributed by atoms with Gasteiger partial charge in [0.25, 0.3) is 34.1 Å². The van der Waals surface area contributed by atoms with E-state index in [1.807, 2.05) is 60.7 Å². The second-order valence-electron chi connectivity index (χ2n) is 14.5. The van der Waals surface area contributed by atoms with Crippen molar-refractivity contribution < 1.29 is 108 Å². The van der Waals surface area contributed by atoms with Crippen LogP contribution >= 0.6 is 0 Å². The molecule has 4 rings (SSSR count). The van der Waals surface area contributed by atoms with Crippen molar-refractivity contribution in [3.8, 4) is 0 Å². The average molecular weight is 940 g/mol. The minimum Gasteiger partial charge on any atom is -0.869 e. The molecule has 0 spiro atoms. The molecule has 2 aliphatic rings. The number of hydroxylamine groups is 2. The number of rotatable bonds is 4. The van der Waals surface area contributed by atoms with Gasteiger partial charge in [-0.1, -0.05) is 36.4 Å². The Balaban J connectivity index is 0.000000791. The third-order valence-corrected chi connectivity index (χ3v) is 8.31. The van der Waals surface area contributed by atoms with Gasteiger partial charge in [-0.25, -0.2) is 0 Å². The third kappa shape index (κ3) is 13.3. The smallest absolute Gasteiger partial charge is 0.454 e. The van der Waals surface area contributed by atoms with Crippen molar-refractivity contribution >= 4 is 23.0 Å². The normalized spacial score (nSPS) is 18.4. The van der Waals surface area contributed by atoms with Crippen LogP contribution in [0.3, 0.4) is 0 Å². The summed E-state index contributed by atoms with van der Waals surface area (Å²) in [6, 6.07) is 18.7. The molecule has 12 nitrogen and oxygen atoms in total. The average Bonchev–Trinajstić information content (AvgIpc) is 3.30. The molecule has 0 amide bonds. The van der Waals surface area contributed by atoms with E-state index < -0.39 is 82.3 Å². The van der Waals surface area contributed by atoms with Gasteiger partial charge in [0.2, 0.25) is 0 Å². The van der Waals surface area contributed by atoms with Gasteiger partial charge in [0.1, 0.15) is 0 Å². The molecule has 1 radical (unpaired) electrons. The molecule has 61 heavy (non-hydrogen) atoms. The first kappa shape index (κ1) is 55.7. The zero-order chi connectivity index (χ0) is 47.4. The van der Waals surface area contributed by atoms with Crippen LogP contribution in [-0.4, -0.2) is 89.1 Å². The third-order valence-electron chi connectivity index (χ3n) is 8.31. The second-order valence-corrected chi connectivity index (χ2v) is 14.5. The number of carbonyl (C=O) groups excluding carboxylic acids is 2. The molecule has 2 aromatic carbocycles.